The van der Waals surface area contributed by atoms with Crippen LogP contribution >= 0.6 is 15.9 Å². The zero-order valence-corrected chi connectivity index (χ0v) is 11.3. The number of hydrogen-bond donors (Lipinski definition) is 1. The summed E-state index contributed by atoms with van der Waals surface area (Å²) in [7, 11) is 0. The lowest BCUT2D eigenvalue weighted by atomic mass is 10.0. The third-order valence-corrected chi connectivity index (χ3v) is 3.52. The molecule has 0 aliphatic carbocycles. The molecule has 0 aliphatic heterocycles. The average molecular weight is 281 g/mol. The minimum absolute atomic E-state index is 0.672. The minimum Gasteiger partial charge on any atom is -0.384 e. The van der Waals surface area contributed by atoms with Crippen molar-refractivity contribution in [1.29, 1.82) is 5.26 Å². The van der Waals surface area contributed by atoms with E-state index in [9.17, 15) is 0 Å². The third-order valence-electron chi connectivity index (χ3n) is 2.86. The Morgan fingerprint density at radius 3 is 2.62 bits per heavy atom. The van der Waals surface area contributed by atoms with E-state index in [4.69, 9.17) is 5.26 Å². The first-order valence-electron chi connectivity index (χ1n) is 5.65. The quantitative estimate of drug-likeness (QED) is 0.879. The van der Waals surface area contributed by atoms with E-state index >= 15 is 0 Å². The molecular weight excluding hydrogens is 264 g/mol. The molecule has 0 bridgehead atoms. The van der Waals surface area contributed by atoms with Crippen molar-refractivity contribution in [2.24, 2.45) is 5.92 Å². The van der Waals surface area contributed by atoms with Crippen LogP contribution in [0.15, 0.2) is 22.7 Å². The summed E-state index contributed by atoms with van der Waals surface area (Å²) in [5.74, 6) is 0.672. The van der Waals surface area contributed by atoms with Crippen molar-refractivity contribution in [3.8, 4) is 6.07 Å². The Morgan fingerprint density at radius 2 is 2.06 bits per heavy atom. The van der Waals surface area contributed by atoms with Crippen molar-refractivity contribution < 1.29 is 0 Å². The van der Waals surface area contributed by atoms with Crippen LogP contribution in [0.2, 0.25) is 0 Å². The van der Waals surface area contributed by atoms with Gasteiger partial charge in [-0.15, -0.1) is 0 Å². The molecule has 1 rings (SSSR count). The van der Waals surface area contributed by atoms with E-state index in [1.807, 2.05) is 18.2 Å². The molecule has 1 aromatic carbocycles. The van der Waals surface area contributed by atoms with Gasteiger partial charge in [-0.25, -0.2) is 0 Å². The van der Waals surface area contributed by atoms with Gasteiger partial charge in [-0.05, 0) is 34.0 Å². The molecule has 0 amide bonds. The van der Waals surface area contributed by atoms with Crippen molar-refractivity contribution in [3.05, 3.63) is 28.2 Å². The topological polar surface area (TPSA) is 35.8 Å². The number of hydrogen-bond acceptors (Lipinski definition) is 2. The Balaban J connectivity index is 2.74. The first-order valence-corrected chi connectivity index (χ1v) is 6.44. The molecule has 0 radical (unpaired) electrons. The monoisotopic (exact) mass is 280 g/mol. The molecule has 0 saturated carbocycles. The molecule has 3 heteroatoms. The van der Waals surface area contributed by atoms with Crippen LogP contribution in [0, 0.1) is 17.2 Å². The lowest BCUT2D eigenvalue weighted by Gasteiger charge is -2.15. The number of nitrogens with zero attached hydrogens (tertiary/aromatic N) is 1. The molecule has 86 valence electrons. The second kappa shape index (κ2) is 6.55. The minimum atomic E-state index is 0.672. The zero-order valence-electron chi connectivity index (χ0n) is 9.76. The first kappa shape index (κ1) is 13.1. The maximum absolute atomic E-state index is 9.06. The molecule has 0 heterocycles. The summed E-state index contributed by atoms with van der Waals surface area (Å²) in [6.45, 7) is 5.32. The van der Waals surface area contributed by atoms with Gasteiger partial charge in [0.2, 0.25) is 0 Å². The van der Waals surface area contributed by atoms with Gasteiger partial charge in [0, 0.05) is 11.0 Å². The number of anilines is 1. The van der Waals surface area contributed by atoms with Gasteiger partial charge >= 0.3 is 0 Å². The van der Waals surface area contributed by atoms with Gasteiger partial charge in [0.25, 0.3) is 0 Å². The van der Waals surface area contributed by atoms with Crippen LogP contribution < -0.4 is 5.32 Å². The highest BCUT2D eigenvalue weighted by Crippen LogP contribution is 2.24. The molecule has 0 atom stereocenters. The first-order chi connectivity index (χ1) is 7.72. The normalized spacial score (nSPS) is 10.2. The predicted octanol–water partition coefficient (Wildman–Crippen LogP) is 4.17. The van der Waals surface area contributed by atoms with Gasteiger partial charge in [-0.3, -0.25) is 0 Å². The van der Waals surface area contributed by atoms with Gasteiger partial charge in [0.05, 0.1) is 11.3 Å². The van der Waals surface area contributed by atoms with Crippen LogP contribution in [0.25, 0.3) is 0 Å². The predicted molar refractivity (Wildman–Crippen MR) is 71.4 cm³/mol. The fourth-order valence-electron chi connectivity index (χ4n) is 1.62. The van der Waals surface area contributed by atoms with E-state index in [2.05, 4.69) is 41.2 Å². The highest BCUT2D eigenvalue weighted by atomic mass is 79.9. The Labute approximate surface area is 106 Å². The maximum atomic E-state index is 9.06. The van der Waals surface area contributed by atoms with Gasteiger partial charge in [-0.1, -0.05) is 32.8 Å². The highest BCUT2D eigenvalue weighted by Gasteiger charge is 2.07. The Hall–Kier alpha value is -1.01. The van der Waals surface area contributed by atoms with Crippen LogP contribution in [-0.2, 0) is 0 Å². The third kappa shape index (κ3) is 3.24. The molecule has 0 aliphatic rings. The number of benzene rings is 1. The molecule has 1 aromatic rings. The molecule has 0 aromatic heterocycles. The fraction of sp³-hybridized carbons (Fsp3) is 0.462. The highest BCUT2D eigenvalue weighted by molar-refractivity contribution is 9.10. The second-order valence-corrected chi connectivity index (χ2v) is 4.69. The van der Waals surface area contributed by atoms with Crippen molar-refractivity contribution in [2.45, 2.75) is 26.7 Å². The molecule has 0 fully saturated rings. The van der Waals surface area contributed by atoms with Crippen LogP contribution in [0.1, 0.15) is 32.3 Å². The summed E-state index contributed by atoms with van der Waals surface area (Å²) in [4.78, 5) is 0. The summed E-state index contributed by atoms with van der Waals surface area (Å²) in [5, 5.41) is 12.4. The molecule has 0 spiro atoms. The van der Waals surface area contributed by atoms with E-state index in [1.54, 1.807) is 0 Å². The van der Waals surface area contributed by atoms with Crippen molar-refractivity contribution >= 4 is 21.6 Å². The summed E-state index contributed by atoms with van der Waals surface area (Å²) in [6.07, 6.45) is 2.33. The average Bonchev–Trinajstić information content (AvgIpc) is 2.30. The summed E-state index contributed by atoms with van der Waals surface area (Å²) in [6, 6.07) is 8.00. The van der Waals surface area contributed by atoms with Crippen LogP contribution in [0.4, 0.5) is 5.69 Å². The number of nitrogens with one attached hydrogen (secondary N) is 1. The summed E-state index contributed by atoms with van der Waals surface area (Å²) in [5.41, 5.74) is 1.61. The van der Waals surface area contributed by atoms with Gasteiger partial charge < -0.3 is 5.32 Å². The molecule has 16 heavy (non-hydrogen) atoms. The van der Waals surface area contributed by atoms with Gasteiger partial charge in [-0.2, -0.15) is 5.26 Å². The second-order valence-electron chi connectivity index (χ2n) is 3.84. The number of halogens is 1. The molecule has 1 N–H and O–H groups in total. The molecule has 0 unspecified atom stereocenters. The molecular formula is C13H17BrN2. The lowest BCUT2D eigenvalue weighted by molar-refractivity contribution is 0.519. The van der Waals surface area contributed by atoms with Crippen molar-refractivity contribution in [1.82, 2.24) is 0 Å². The van der Waals surface area contributed by atoms with Crippen LogP contribution in [-0.4, -0.2) is 6.54 Å². The van der Waals surface area contributed by atoms with E-state index in [0.717, 1.165) is 16.7 Å². The van der Waals surface area contributed by atoms with Crippen LogP contribution in [0.3, 0.4) is 0 Å². The van der Waals surface area contributed by atoms with E-state index in [-0.39, 0.29) is 0 Å². The Bertz CT molecular complexity index is 378. The van der Waals surface area contributed by atoms with Crippen molar-refractivity contribution in [2.75, 3.05) is 11.9 Å². The molecule has 2 nitrogen and oxygen atoms in total. The van der Waals surface area contributed by atoms with Crippen molar-refractivity contribution in [3.63, 3.8) is 0 Å². The Morgan fingerprint density at radius 1 is 1.38 bits per heavy atom. The van der Waals surface area contributed by atoms with E-state index in [0.29, 0.717) is 11.5 Å². The SMILES string of the molecule is CCC(CC)CNc1cccc(Br)c1C#N. The maximum Gasteiger partial charge on any atom is 0.103 e. The van der Waals surface area contributed by atoms with E-state index in [1.165, 1.54) is 12.8 Å². The smallest absolute Gasteiger partial charge is 0.103 e. The van der Waals surface area contributed by atoms with E-state index < -0.39 is 0 Å². The lowest BCUT2D eigenvalue weighted by Crippen LogP contribution is -2.13. The van der Waals surface area contributed by atoms with Gasteiger partial charge in [0.1, 0.15) is 6.07 Å². The fourth-order valence-corrected chi connectivity index (χ4v) is 2.07. The number of nitriles is 1. The summed E-state index contributed by atoms with van der Waals surface area (Å²) >= 11 is 3.39. The largest absolute Gasteiger partial charge is 0.384 e. The molecule has 0 saturated heterocycles. The Kier molecular flexibility index (Phi) is 5.34. The van der Waals surface area contributed by atoms with Crippen LogP contribution in [0.5, 0.6) is 0 Å². The summed E-state index contributed by atoms with van der Waals surface area (Å²) < 4.78 is 0.851. The van der Waals surface area contributed by atoms with Gasteiger partial charge in [0.15, 0.2) is 0 Å². The number of rotatable bonds is 5. The standard InChI is InChI=1S/C13H17BrN2/c1-3-10(4-2)9-16-13-7-5-6-12(14)11(13)8-15/h5-7,10,16H,3-4,9H2,1-2H3. The zero-order chi connectivity index (χ0) is 12.0.